The van der Waals surface area contributed by atoms with Crippen LogP contribution >= 0.6 is 0 Å². The van der Waals surface area contributed by atoms with Crippen molar-refractivity contribution < 1.29 is 14.3 Å². The summed E-state index contributed by atoms with van der Waals surface area (Å²) >= 11 is 0. The summed E-state index contributed by atoms with van der Waals surface area (Å²) in [6, 6.07) is 0.128. The number of amides is 1. The Morgan fingerprint density at radius 3 is 2.52 bits per heavy atom. The molecule has 0 spiro atoms. The maximum Gasteiger partial charge on any atom is 0.412 e. The Bertz CT molecular complexity index is 437. The molecule has 0 radical (unpaired) electrons. The average Bonchev–Trinajstić information content (AvgIpc) is 2.90. The van der Waals surface area contributed by atoms with Gasteiger partial charge in [0.1, 0.15) is 11.8 Å². The topological polar surface area (TPSA) is 38.8 Å². The fourth-order valence-corrected chi connectivity index (χ4v) is 4.18. The molecule has 1 aliphatic carbocycles. The highest BCUT2D eigenvalue weighted by atomic mass is 16.6. The van der Waals surface area contributed by atoms with Crippen molar-refractivity contribution in [2.45, 2.75) is 109 Å². The Labute approximate surface area is 153 Å². The molecular weight excluding hydrogens is 314 g/mol. The van der Waals surface area contributed by atoms with Crippen molar-refractivity contribution in [2.75, 3.05) is 0 Å². The van der Waals surface area contributed by atoms with Crippen molar-refractivity contribution in [1.82, 2.24) is 4.90 Å². The Balaban J connectivity index is 2.16. The number of carbonyl (C=O) groups excluding carboxylic acids is 1. The third kappa shape index (κ3) is 5.73. The predicted molar refractivity (Wildman–Crippen MR) is 101 cm³/mol. The van der Waals surface area contributed by atoms with Crippen LogP contribution in [0, 0.1) is 5.92 Å². The maximum absolute atomic E-state index is 12.9. The fourth-order valence-electron chi connectivity index (χ4n) is 4.18. The molecule has 2 fully saturated rings. The summed E-state index contributed by atoms with van der Waals surface area (Å²) in [5.74, 6) is 0.703. The highest BCUT2D eigenvalue weighted by Crippen LogP contribution is 2.37. The fraction of sp³-hybridized carbons (Fsp3) is 0.857. The molecule has 0 N–H and O–H groups in total. The number of allylic oxidation sites excluding steroid dienone is 1. The first-order valence-corrected chi connectivity index (χ1v) is 10.1. The number of hydrogen-bond acceptors (Lipinski definition) is 3. The Morgan fingerprint density at radius 1 is 1.28 bits per heavy atom. The predicted octanol–water partition coefficient (Wildman–Crippen LogP) is 5.66. The van der Waals surface area contributed by atoms with Crippen LogP contribution in [-0.4, -0.2) is 35.0 Å². The lowest BCUT2D eigenvalue weighted by molar-refractivity contribution is -0.0244. The van der Waals surface area contributed by atoms with Crippen LogP contribution in [0.3, 0.4) is 0 Å². The quantitative estimate of drug-likeness (QED) is 0.579. The van der Waals surface area contributed by atoms with Gasteiger partial charge in [0.15, 0.2) is 0 Å². The van der Waals surface area contributed by atoms with Gasteiger partial charge in [0, 0.05) is 0 Å². The highest BCUT2D eigenvalue weighted by Gasteiger charge is 2.45. The number of hydrogen-bond donors (Lipinski definition) is 0. The van der Waals surface area contributed by atoms with Crippen LogP contribution in [0.4, 0.5) is 4.79 Å². The normalized spacial score (nSPS) is 28.2. The van der Waals surface area contributed by atoms with E-state index in [1.165, 1.54) is 32.1 Å². The maximum atomic E-state index is 12.9. The molecule has 2 aliphatic rings. The molecule has 0 bridgehead atoms. The Kier molecular flexibility index (Phi) is 7.36. The standard InChI is InChI=1S/C21H37NO3/c1-6-8-14-18-17(15-16-12-10-9-11-13-16)22(19(7-2)24-18)20(23)25-21(3,4)5/h6,16-19H,1,7-15H2,2-5H3/t17-,18-,19?/m0/s1. The number of nitrogens with zero attached hydrogens (tertiary/aromatic N) is 1. The van der Waals surface area contributed by atoms with E-state index in [1.54, 1.807) is 0 Å². The van der Waals surface area contributed by atoms with Crippen molar-refractivity contribution in [1.29, 1.82) is 0 Å². The van der Waals surface area contributed by atoms with Crippen molar-refractivity contribution >= 4 is 6.09 Å². The van der Waals surface area contributed by atoms with E-state index in [-0.39, 0.29) is 24.5 Å². The van der Waals surface area contributed by atoms with Crippen LogP contribution in [-0.2, 0) is 9.47 Å². The third-order valence-electron chi connectivity index (χ3n) is 5.34. The summed E-state index contributed by atoms with van der Waals surface area (Å²) in [4.78, 5) is 14.8. The molecule has 1 saturated heterocycles. The van der Waals surface area contributed by atoms with Crippen molar-refractivity contribution in [3.63, 3.8) is 0 Å². The van der Waals surface area contributed by atoms with Crippen LogP contribution in [0.15, 0.2) is 12.7 Å². The first-order valence-electron chi connectivity index (χ1n) is 10.1. The number of carbonyl (C=O) groups is 1. The van der Waals surface area contributed by atoms with Crippen LogP contribution in [0.5, 0.6) is 0 Å². The molecule has 0 aromatic carbocycles. The van der Waals surface area contributed by atoms with Gasteiger partial charge in [0.2, 0.25) is 0 Å². The second-order valence-electron chi connectivity index (χ2n) is 8.60. The molecule has 25 heavy (non-hydrogen) atoms. The Morgan fingerprint density at radius 2 is 1.96 bits per heavy atom. The highest BCUT2D eigenvalue weighted by molar-refractivity contribution is 5.69. The lowest BCUT2D eigenvalue weighted by Crippen LogP contribution is -2.46. The first kappa shape index (κ1) is 20.3. The summed E-state index contributed by atoms with van der Waals surface area (Å²) in [6.45, 7) is 11.7. The minimum absolute atomic E-state index is 0.0948. The van der Waals surface area contributed by atoms with Gasteiger partial charge in [-0.05, 0) is 52.4 Å². The van der Waals surface area contributed by atoms with E-state index in [2.05, 4.69) is 13.5 Å². The molecule has 0 aromatic rings. The van der Waals surface area contributed by atoms with E-state index in [4.69, 9.17) is 9.47 Å². The van der Waals surface area contributed by atoms with Crippen LogP contribution in [0.25, 0.3) is 0 Å². The summed E-state index contributed by atoms with van der Waals surface area (Å²) < 4.78 is 12.0. The second-order valence-corrected chi connectivity index (χ2v) is 8.60. The zero-order chi connectivity index (χ0) is 18.4. The van der Waals surface area contributed by atoms with E-state index in [9.17, 15) is 4.79 Å². The SMILES string of the molecule is C=CCC[C@@H]1OC(CC)N(C(=O)OC(C)(C)C)[C@H]1CC1CCCCC1. The molecule has 4 heteroatoms. The summed E-state index contributed by atoms with van der Waals surface area (Å²) in [5.41, 5.74) is -0.482. The smallest absolute Gasteiger partial charge is 0.412 e. The molecule has 1 saturated carbocycles. The van der Waals surface area contributed by atoms with Gasteiger partial charge in [-0.2, -0.15) is 0 Å². The van der Waals surface area contributed by atoms with Gasteiger partial charge < -0.3 is 9.47 Å². The molecule has 144 valence electrons. The molecule has 3 atom stereocenters. The molecule has 1 unspecified atom stereocenters. The van der Waals surface area contributed by atoms with E-state index in [0.29, 0.717) is 5.92 Å². The molecule has 1 heterocycles. The number of rotatable bonds is 6. The van der Waals surface area contributed by atoms with Gasteiger partial charge in [-0.3, -0.25) is 4.90 Å². The summed E-state index contributed by atoms with van der Waals surface area (Å²) in [6.07, 6.45) is 11.9. The van der Waals surface area contributed by atoms with Crippen LogP contribution in [0.1, 0.15) is 85.5 Å². The van der Waals surface area contributed by atoms with E-state index >= 15 is 0 Å². The zero-order valence-electron chi connectivity index (χ0n) is 16.6. The second kappa shape index (κ2) is 9.07. The van der Waals surface area contributed by atoms with Gasteiger partial charge in [-0.15, -0.1) is 6.58 Å². The Hall–Kier alpha value is -1.03. The van der Waals surface area contributed by atoms with Gasteiger partial charge in [-0.1, -0.05) is 45.1 Å². The summed E-state index contributed by atoms with van der Waals surface area (Å²) in [7, 11) is 0. The van der Waals surface area contributed by atoms with E-state index < -0.39 is 5.60 Å². The van der Waals surface area contributed by atoms with Gasteiger partial charge >= 0.3 is 6.09 Å². The number of ether oxygens (including phenoxy) is 2. The summed E-state index contributed by atoms with van der Waals surface area (Å²) in [5, 5.41) is 0. The molecule has 1 aliphatic heterocycles. The molecule has 2 rings (SSSR count). The van der Waals surface area contributed by atoms with E-state index in [1.807, 2.05) is 31.7 Å². The monoisotopic (exact) mass is 351 g/mol. The molecular formula is C21H37NO3. The lowest BCUT2D eigenvalue weighted by atomic mass is 9.83. The third-order valence-corrected chi connectivity index (χ3v) is 5.34. The van der Waals surface area contributed by atoms with Crippen molar-refractivity contribution in [3.05, 3.63) is 12.7 Å². The van der Waals surface area contributed by atoms with Crippen molar-refractivity contribution in [2.24, 2.45) is 5.92 Å². The van der Waals surface area contributed by atoms with Gasteiger partial charge in [-0.25, -0.2) is 4.79 Å². The van der Waals surface area contributed by atoms with Crippen molar-refractivity contribution in [3.8, 4) is 0 Å². The van der Waals surface area contributed by atoms with Gasteiger partial charge in [0.25, 0.3) is 0 Å². The minimum Gasteiger partial charge on any atom is -0.444 e. The molecule has 4 nitrogen and oxygen atoms in total. The lowest BCUT2D eigenvalue weighted by Gasteiger charge is -2.34. The van der Waals surface area contributed by atoms with Crippen LogP contribution in [0.2, 0.25) is 0 Å². The molecule has 1 amide bonds. The average molecular weight is 352 g/mol. The largest absolute Gasteiger partial charge is 0.444 e. The van der Waals surface area contributed by atoms with E-state index in [0.717, 1.165) is 25.7 Å². The first-order chi connectivity index (χ1) is 11.9. The zero-order valence-corrected chi connectivity index (χ0v) is 16.6. The minimum atomic E-state index is -0.482. The van der Waals surface area contributed by atoms with Gasteiger partial charge in [0.05, 0.1) is 12.1 Å². The molecule has 0 aromatic heterocycles. The van der Waals surface area contributed by atoms with Crippen LogP contribution < -0.4 is 0 Å².